The monoisotopic (exact) mass is 196 g/mol. The summed E-state index contributed by atoms with van der Waals surface area (Å²) in [5.41, 5.74) is 5.64. The zero-order valence-electron chi connectivity index (χ0n) is 8.03. The Bertz CT molecular complexity index is 328. The lowest BCUT2D eigenvalue weighted by molar-refractivity contribution is 0.0924. The van der Waals surface area contributed by atoms with E-state index < -0.39 is 5.82 Å². The predicted molar refractivity (Wildman–Crippen MR) is 51.4 cm³/mol. The Balaban J connectivity index is 2.78. The van der Waals surface area contributed by atoms with Gasteiger partial charge in [0.25, 0.3) is 0 Å². The van der Waals surface area contributed by atoms with Gasteiger partial charge < -0.3 is 5.73 Å². The van der Waals surface area contributed by atoms with Crippen LogP contribution in [0.15, 0.2) is 18.5 Å². The van der Waals surface area contributed by atoms with Crippen LogP contribution in [0.5, 0.6) is 0 Å². The van der Waals surface area contributed by atoms with Crippen molar-refractivity contribution in [3.63, 3.8) is 0 Å². The quantitative estimate of drug-likeness (QED) is 0.740. The predicted octanol–water partition coefficient (Wildman–Crippen LogP) is 1.39. The number of hydrogen-bond acceptors (Lipinski definition) is 3. The van der Waals surface area contributed by atoms with E-state index in [0.717, 1.165) is 6.20 Å². The Morgan fingerprint density at radius 3 is 2.93 bits per heavy atom. The van der Waals surface area contributed by atoms with Crippen LogP contribution in [0.3, 0.4) is 0 Å². The van der Waals surface area contributed by atoms with E-state index in [9.17, 15) is 9.18 Å². The van der Waals surface area contributed by atoms with Gasteiger partial charge in [0, 0.05) is 17.7 Å². The van der Waals surface area contributed by atoms with E-state index >= 15 is 0 Å². The summed E-state index contributed by atoms with van der Waals surface area (Å²) in [6.45, 7) is 2.23. The molecule has 0 saturated heterocycles. The van der Waals surface area contributed by atoms with Gasteiger partial charge in [0.15, 0.2) is 5.78 Å². The molecule has 0 aromatic carbocycles. The van der Waals surface area contributed by atoms with Crippen molar-refractivity contribution in [2.24, 2.45) is 11.7 Å². The second-order valence-corrected chi connectivity index (χ2v) is 3.23. The molecule has 0 aliphatic rings. The number of hydrogen-bond donors (Lipinski definition) is 1. The first-order chi connectivity index (χ1) is 6.65. The second-order valence-electron chi connectivity index (χ2n) is 3.23. The maximum Gasteiger partial charge on any atom is 0.167 e. The molecule has 3 nitrogen and oxygen atoms in total. The van der Waals surface area contributed by atoms with Crippen LogP contribution in [-0.4, -0.2) is 17.3 Å². The summed E-state index contributed by atoms with van der Waals surface area (Å²) in [7, 11) is 0. The van der Waals surface area contributed by atoms with Gasteiger partial charge in [-0.1, -0.05) is 6.92 Å². The molecule has 1 rings (SSSR count). The zero-order chi connectivity index (χ0) is 10.6. The Labute approximate surface area is 82.1 Å². The molecule has 1 unspecified atom stereocenters. The van der Waals surface area contributed by atoms with E-state index in [4.69, 9.17) is 5.73 Å². The molecular formula is C10H13FN2O. The van der Waals surface area contributed by atoms with Crippen LogP contribution < -0.4 is 5.73 Å². The summed E-state index contributed by atoms with van der Waals surface area (Å²) in [6.07, 6.45) is 3.05. The number of carbonyl (C=O) groups is 1. The van der Waals surface area contributed by atoms with Crippen LogP contribution in [0, 0.1) is 11.7 Å². The third-order valence-electron chi connectivity index (χ3n) is 2.04. The van der Waals surface area contributed by atoms with E-state index in [2.05, 4.69) is 4.98 Å². The van der Waals surface area contributed by atoms with Crippen molar-refractivity contribution in [1.29, 1.82) is 0 Å². The number of halogens is 1. The largest absolute Gasteiger partial charge is 0.330 e. The third-order valence-corrected chi connectivity index (χ3v) is 2.04. The van der Waals surface area contributed by atoms with Crippen molar-refractivity contribution in [1.82, 2.24) is 4.98 Å². The van der Waals surface area contributed by atoms with Crippen molar-refractivity contribution in [2.45, 2.75) is 13.3 Å². The van der Waals surface area contributed by atoms with Crippen LogP contribution in [0.25, 0.3) is 0 Å². The molecular weight excluding hydrogens is 183 g/mol. The number of ketones is 1. The highest BCUT2D eigenvalue weighted by atomic mass is 19.1. The van der Waals surface area contributed by atoms with E-state index in [-0.39, 0.29) is 11.7 Å². The van der Waals surface area contributed by atoms with Crippen LogP contribution in [0.4, 0.5) is 4.39 Å². The Morgan fingerprint density at radius 1 is 1.64 bits per heavy atom. The lowest BCUT2D eigenvalue weighted by Crippen LogP contribution is -2.16. The summed E-state index contributed by atoms with van der Waals surface area (Å²) in [6, 6.07) is 1.20. The highest BCUT2D eigenvalue weighted by Crippen LogP contribution is 2.11. The second kappa shape index (κ2) is 4.81. The average molecular weight is 196 g/mol. The number of rotatable bonds is 4. The van der Waals surface area contributed by atoms with E-state index in [1.807, 2.05) is 0 Å². The molecule has 14 heavy (non-hydrogen) atoms. The SMILES string of the molecule is CC(CCN)C(=O)c1cncc(F)c1. The minimum absolute atomic E-state index is 0.109. The van der Waals surface area contributed by atoms with Gasteiger partial charge in [-0.05, 0) is 19.0 Å². The van der Waals surface area contributed by atoms with Gasteiger partial charge in [-0.15, -0.1) is 0 Å². The molecule has 1 heterocycles. The fourth-order valence-electron chi connectivity index (χ4n) is 1.21. The number of nitrogens with two attached hydrogens (primary N) is 1. The first-order valence-corrected chi connectivity index (χ1v) is 4.50. The van der Waals surface area contributed by atoms with E-state index in [1.165, 1.54) is 12.3 Å². The number of Topliss-reactive ketones (excluding diaryl/α,β-unsaturated/α-hetero) is 1. The normalized spacial score (nSPS) is 12.5. The zero-order valence-corrected chi connectivity index (χ0v) is 8.03. The molecule has 0 radical (unpaired) electrons. The number of aromatic nitrogens is 1. The highest BCUT2D eigenvalue weighted by Gasteiger charge is 2.14. The molecule has 0 aliphatic carbocycles. The summed E-state index contributed by atoms with van der Waals surface area (Å²) >= 11 is 0. The fraction of sp³-hybridized carbons (Fsp3) is 0.400. The van der Waals surface area contributed by atoms with Crippen LogP contribution >= 0.6 is 0 Å². The standard InChI is InChI=1S/C10H13FN2O/c1-7(2-3-12)10(14)8-4-9(11)6-13-5-8/h4-7H,2-3,12H2,1H3. The summed E-state index contributed by atoms with van der Waals surface area (Å²) in [5.74, 6) is -0.776. The van der Waals surface area contributed by atoms with Crippen molar-refractivity contribution in [3.8, 4) is 0 Å². The minimum Gasteiger partial charge on any atom is -0.330 e. The molecule has 0 spiro atoms. The summed E-state index contributed by atoms with van der Waals surface area (Å²) in [4.78, 5) is 15.2. The molecule has 1 atom stereocenters. The van der Waals surface area contributed by atoms with Crippen LogP contribution in [0.2, 0.25) is 0 Å². The van der Waals surface area contributed by atoms with Gasteiger partial charge in [0.05, 0.1) is 6.20 Å². The van der Waals surface area contributed by atoms with Gasteiger partial charge in [0.1, 0.15) is 5.82 Å². The van der Waals surface area contributed by atoms with Crippen molar-refractivity contribution >= 4 is 5.78 Å². The van der Waals surface area contributed by atoms with Crippen LogP contribution in [-0.2, 0) is 0 Å². The van der Waals surface area contributed by atoms with E-state index in [0.29, 0.717) is 18.5 Å². The van der Waals surface area contributed by atoms with Gasteiger partial charge in [0.2, 0.25) is 0 Å². The summed E-state index contributed by atoms with van der Waals surface area (Å²) in [5, 5.41) is 0. The smallest absolute Gasteiger partial charge is 0.167 e. The summed E-state index contributed by atoms with van der Waals surface area (Å²) < 4.78 is 12.7. The molecule has 1 aromatic rings. The first-order valence-electron chi connectivity index (χ1n) is 4.50. The van der Waals surface area contributed by atoms with Gasteiger partial charge in [-0.3, -0.25) is 9.78 Å². The number of pyridine rings is 1. The minimum atomic E-state index is -0.490. The molecule has 0 saturated carbocycles. The Morgan fingerprint density at radius 2 is 2.36 bits per heavy atom. The van der Waals surface area contributed by atoms with Crippen molar-refractivity contribution < 1.29 is 9.18 Å². The molecule has 0 aliphatic heterocycles. The molecule has 0 bridgehead atoms. The number of carbonyl (C=O) groups excluding carboxylic acids is 1. The molecule has 76 valence electrons. The lowest BCUT2D eigenvalue weighted by atomic mass is 9.98. The lowest BCUT2D eigenvalue weighted by Gasteiger charge is -2.07. The van der Waals surface area contributed by atoms with Gasteiger partial charge >= 0.3 is 0 Å². The Kier molecular flexibility index (Phi) is 3.71. The third kappa shape index (κ3) is 2.60. The van der Waals surface area contributed by atoms with Gasteiger partial charge in [-0.25, -0.2) is 4.39 Å². The highest BCUT2D eigenvalue weighted by molar-refractivity contribution is 5.97. The number of nitrogens with zero attached hydrogens (tertiary/aromatic N) is 1. The van der Waals surface area contributed by atoms with Gasteiger partial charge in [-0.2, -0.15) is 0 Å². The van der Waals surface area contributed by atoms with E-state index in [1.54, 1.807) is 6.92 Å². The molecule has 0 fully saturated rings. The first kappa shape index (κ1) is 10.8. The maximum atomic E-state index is 12.7. The average Bonchev–Trinajstić information content (AvgIpc) is 2.17. The Hall–Kier alpha value is -1.29. The molecule has 2 N–H and O–H groups in total. The van der Waals surface area contributed by atoms with Crippen LogP contribution in [0.1, 0.15) is 23.7 Å². The molecule has 1 aromatic heterocycles. The molecule has 0 amide bonds. The maximum absolute atomic E-state index is 12.7. The fourth-order valence-corrected chi connectivity index (χ4v) is 1.21. The van der Waals surface area contributed by atoms with Crippen molar-refractivity contribution in [3.05, 3.63) is 29.8 Å². The van der Waals surface area contributed by atoms with Crippen molar-refractivity contribution in [2.75, 3.05) is 6.54 Å². The molecule has 4 heteroatoms. The topological polar surface area (TPSA) is 56.0 Å².